The third-order valence-electron chi connectivity index (χ3n) is 1.59. The summed E-state index contributed by atoms with van der Waals surface area (Å²) < 4.78 is 0. The van der Waals surface area contributed by atoms with Crippen molar-refractivity contribution >= 4 is 7.12 Å². The Kier molecular flexibility index (Phi) is 2.72. The lowest BCUT2D eigenvalue weighted by atomic mass is 9.81. The summed E-state index contributed by atoms with van der Waals surface area (Å²) >= 11 is 0. The van der Waals surface area contributed by atoms with Crippen LogP contribution in [0.1, 0.15) is 6.42 Å². The van der Waals surface area contributed by atoms with Crippen molar-refractivity contribution in [3.63, 3.8) is 0 Å². The Hall–Kier alpha value is -0.535. The summed E-state index contributed by atoms with van der Waals surface area (Å²) in [5.74, 6) is 0.418. The average molecular weight is 138 g/mol. The second-order valence-corrected chi connectivity index (χ2v) is 2.49. The molecular formula is C7H11BO2. The Labute approximate surface area is 61.0 Å². The van der Waals surface area contributed by atoms with Crippen LogP contribution in [0.15, 0.2) is 24.3 Å². The summed E-state index contributed by atoms with van der Waals surface area (Å²) in [7, 11) is -1.15. The van der Waals surface area contributed by atoms with Gasteiger partial charge >= 0.3 is 7.12 Å². The molecule has 0 saturated heterocycles. The summed E-state index contributed by atoms with van der Waals surface area (Å²) in [5.41, 5.74) is 0. The Morgan fingerprint density at radius 3 is 2.30 bits per heavy atom. The van der Waals surface area contributed by atoms with Gasteiger partial charge in [0.05, 0.1) is 0 Å². The fourth-order valence-electron chi connectivity index (χ4n) is 1.01. The van der Waals surface area contributed by atoms with E-state index in [0.717, 1.165) is 6.42 Å². The molecule has 0 aromatic rings. The molecular weight excluding hydrogens is 127 g/mol. The van der Waals surface area contributed by atoms with Crippen LogP contribution in [-0.4, -0.2) is 17.2 Å². The molecule has 0 bridgehead atoms. The van der Waals surface area contributed by atoms with Crippen molar-refractivity contribution in [3.05, 3.63) is 24.3 Å². The number of allylic oxidation sites excluding steroid dienone is 4. The van der Waals surface area contributed by atoms with Gasteiger partial charge in [-0.2, -0.15) is 0 Å². The average Bonchev–Trinajstić information content (AvgIpc) is 2.34. The number of rotatable bonds is 3. The van der Waals surface area contributed by atoms with E-state index in [-0.39, 0.29) is 0 Å². The highest BCUT2D eigenvalue weighted by molar-refractivity contribution is 6.40. The zero-order chi connectivity index (χ0) is 7.40. The van der Waals surface area contributed by atoms with Gasteiger partial charge in [0.25, 0.3) is 0 Å². The first kappa shape index (κ1) is 7.57. The van der Waals surface area contributed by atoms with Gasteiger partial charge < -0.3 is 10.0 Å². The van der Waals surface area contributed by atoms with Crippen LogP contribution in [0.5, 0.6) is 0 Å². The Bertz CT molecular complexity index is 140. The topological polar surface area (TPSA) is 40.5 Å². The summed E-state index contributed by atoms with van der Waals surface area (Å²) in [6, 6.07) is 0. The van der Waals surface area contributed by atoms with Gasteiger partial charge in [-0.3, -0.25) is 0 Å². The smallest absolute Gasteiger partial charge is 0.427 e. The van der Waals surface area contributed by atoms with Gasteiger partial charge in [0.15, 0.2) is 0 Å². The van der Waals surface area contributed by atoms with Crippen LogP contribution < -0.4 is 0 Å². The highest BCUT2D eigenvalue weighted by Gasteiger charge is 2.10. The van der Waals surface area contributed by atoms with Gasteiger partial charge in [-0.15, -0.1) is 0 Å². The second-order valence-electron chi connectivity index (χ2n) is 2.49. The first-order chi connectivity index (χ1) is 4.79. The number of hydrogen-bond acceptors (Lipinski definition) is 2. The molecule has 0 aromatic heterocycles. The molecule has 1 aliphatic carbocycles. The van der Waals surface area contributed by atoms with E-state index in [1.165, 1.54) is 0 Å². The van der Waals surface area contributed by atoms with E-state index in [1.807, 2.05) is 12.2 Å². The van der Waals surface area contributed by atoms with Crippen molar-refractivity contribution in [1.29, 1.82) is 0 Å². The predicted octanol–water partition coefficient (Wildman–Crippen LogP) is 0.591. The first-order valence-corrected chi connectivity index (χ1v) is 3.50. The van der Waals surface area contributed by atoms with Crippen LogP contribution >= 0.6 is 0 Å². The molecule has 1 rings (SSSR count). The molecule has 0 unspecified atom stereocenters. The van der Waals surface area contributed by atoms with E-state index >= 15 is 0 Å². The molecule has 3 heteroatoms. The zero-order valence-corrected chi connectivity index (χ0v) is 5.77. The summed E-state index contributed by atoms with van der Waals surface area (Å²) in [4.78, 5) is 0. The molecule has 0 fully saturated rings. The van der Waals surface area contributed by atoms with Crippen molar-refractivity contribution in [2.24, 2.45) is 5.92 Å². The van der Waals surface area contributed by atoms with Crippen molar-refractivity contribution < 1.29 is 10.0 Å². The Morgan fingerprint density at radius 2 is 1.80 bits per heavy atom. The number of hydrogen-bond donors (Lipinski definition) is 2. The van der Waals surface area contributed by atoms with Gasteiger partial charge in [0.2, 0.25) is 0 Å². The maximum absolute atomic E-state index is 8.52. The molecule has 0 radical (unpaired) electrons. The highest BCUT2D eigenvalue weighted by atomic mass is 16.4. The van der Waals surface area contributed by atoms with Gasteiger partial charge in [0.1, 0.15) is 0 Å². The molecule has 0 aliphatic heterocycles. The second kappa shape index (κ2) is 3.59. The fraction of sp³-hybridized carbons (Fsp3) is 0.429. The van der Waals surface area contributed by atoms with E-state index < -0.39 is 7.12 Å². The minimum Gasteiger partial charge on any atom is -0.427 e. The van der Waals surface area contributed by atoms with E-state index in [4.69, 9.17) is 10.0 Å². The van der Waals surface area contributed by atoms with Gasteiger partial charge in [-0.05, 0) is 18.7 Å². The van der Waals surface area contributed by atoms with E-state index in [9.17, 15) is 0 Å². The SMILES string of the molecule is OB(O)CCC1C=CC=C1. The summed E-state index contributed by atoms with van der Waals surface area (Å²) in [6.07, 6.45) is 9.36. The molecule has 1 aliphatic rings. The van der Waals surface area contributed by atoms with Crippen LogP contribution in [0.3, 0.4) is 0 Å². The van der Waals surface area contributed by atoms with Crippen LogP contribution in [0.25, 0.3) is 0 Å². The maximum atomic E-state index is 8.52. The van der Waals surface area contributed by atoms with Crippen LogP contribution in [0.4, 0.5) is 0 Å². The third kappa shape index (κ3) is 2.37. The fourth-order valence-corrected chi connectivity index (χ4v) is 1.01. The van der Waals surface area contributed by atoms with Crippen molar-refractivity contribution in [1.82, 2.24) is 0 Å². The standard InChI is InChI=1S/C7H11BO2/c9-8(10)6-5-7-3-1-2-4-7/h1-4,7,9-10H,5-6H2. The lowest BCUT2D eigenvalue weighted by Crippen LogP contribution is -2.11. The molecule has 0 aromatic carbocycles. The van der Waals surface area contributed by atoms with Crippen LogP contribution in [0, 0.1) is 5.92 Å². The molecule has 2 N–H and O–H groups in total. The lowest BCUT2D eigenvalue weighted by Gasteiger charge is -2.02. The van der Waals surface area contributed by atoms with Crippen molar-refractivity contribution in [2.75, 3.05) is 0 Å². The minimum atomic E-state index is -1.15. The molecule has 0 atom stereocenters. The molecule has 0 heterocycles. The zero-order valence-electron chi connectivity index (χ0n) is 5.77. The molecule has 0 spiro atoms. The molecule has 0 saturated carbocycles. The molecule has 2 nitrogen and oxygen atoms in total. The Balaban J connectivity index is 2.14. The monoisotopic (exact) mass is 138 g/mol. The normalized spacial score (nSPS) is 16.6. The highest BCUT2D eigenvalue weighted by Crippen LogP contribution is 2.15. The van der Waals surface area contributed by atoms with Crippen molar-refractivity contribution in [3.8, 4) is 0 Å². The third-order valence-corrected chi connectivity index (χ3v) is 1.59. The quantitative estimate of drug-likeness (QED) is 0.560. The minimum absolute atomic E-state index is 0.418. The van der Waals surface area contributed by atoms with E-state index in [0.29, 0.717) is 12.2 Å². The molecule has 0 amide bonds. The van der Waals surface area contributed by atoms with Gasteiger partial charge in [0, 0.05) is 0 Å². The summed E-state index contributed by atoms with van der Waals surface area (Å²) in [6.45, 7) is 0. The predicted molar refractivity (Wildman–Crippen MR) is 41.4 cm³/mol. The van der Waals surface area contributed by atoms with Crippen LogP contribution in [-0.2, 0) is 0 Å². The lowest BCUT2D eigenvalue weighted by molar-refractivity contribution is 0.401. The molecule has 54 valence electrons. The Morgan fingerprint density at radius 1 is 1.20 bits per heavy atom. The van der Waals surface area contributed by atoms with Crippen molar-refractivity contribution in [2.45, 2.75) is 12.7 Å². The van der Waals surface area contributed by atoms with Gasteiger partial charge in [-0.1, -0.05) is 24.3 Å². The van der Waals surface area contributed by atoms with Gasteiger partial charge in [-0.25, -0.2) is 0 Å². The largest absolute Gasteiger partial charge is 0.451 e. The summed E-state index contributed by atoms with van der Waals surface area (Å²) in [5, 5.41) is 17.0. The van der Waals surface area contributed by atoms with E-state index in [2.05, 4.69) is 12.2 Å². The molecule has 10 heavy (non-hydrogen) atoms. The first-order valence-electron chi connectivity index (χ1n) is 3.50. The maximum Gasteiger partial charge on any atom is 0.451 e. The van der Waals surface area contributed by atoms with Crippen LogP contribution in [0.2, 0.25) is 6.32 Å². The van der Waals surface area contributed by atoms with E-state index in [1.54, 1.807) is 0 Å².